The van der Waals surface area contributed by atoms with Crippen molar-refractivity contribution in [1.82, 2.24) is 0 Å². The van der Waals surface area contributed by atoms with Gasteiger partial charge in [0.1, 0.15) is 11.5 Å². The molecular formula is C31H26F6N4O3. The molecule has 4 aromatic rings. The Labute approximate surface area is 247 Å². The first-order chi connectivity index (χ1) is 20.6. The first-order valence-electron chi connectivity index (χ1n) is 12.9. The molecule has 230 valence electrons. The van der Waals surface area contributed by atoms with Crippen molar-refractivity contribution in [2.24, 2.45) is 0 Å². The summed E-state index contributed by atoms with van der Waals surface area (Å²) < 4.78 is 92.9. The summed E-state index contributed by atoms with van der Waals surface area (Å²) in [6, 6.07) is 16.5. The number of Topliss-reactive ketones (excluding diaryl/α,β-unsaturated/α-hetero) is 1. The van der Waals surface area contributed by atoms with Gasteiger partial charge >= 0.3 is 12.4 Å². The largest absolute Gasteiger partial charge is 0.457 e. The van der Waals surface area contributed by atoms with Crippen LogP contribution in [0.15, 0.2) is 84.9 Å². The SMILES string of the molecule is CNc1ccc(C(c2ccc(NC(=O)c3ccc(Oc4ccc(C(C)=O)cc4)cc3)c(N)c2)(C(F)(F)F)C(F)(F)F)cc1N. The molecule has 44 heavy (non-hydrogen) atoms. The lowest BCUT2D eigenvalue weighted by atomic mass is 9.72. The van der Waals surface area contributed by atoms with Crippen LogP contribution in [0.1, 0.15) is 38.8 Å². The number of hydrogen-bond acceptors (Lipinski definition) is 6. The molecule has 0 aliphatic heterocycles. The molecule has 1 amide bonds. The van der Waals surface area contributed by atoms with Crippen LogP contribution < -0.4 is 26.8 Å². The lowest BCUT2D eigenvalue weighted by Gasteiger charge is -2.38. The Morgan fingerprint density at radius 1 is 0.659 bits per heavy atom. The number of carbonyl (C=O) groups is 2. The smallest absolute Gasteiger partial charge is 0.411 e. The van der Waals surface area contributed by atoms with E-state index in [4.69, 9.17) is 16.2 Å². The minimum absolute atomic E-state index is 0.104. The van der Waals surface area contributed by atoms with Gasteiger partial charge in [0, 0.05) is 18.2 Å². The van der Waals surface area contributed by atoms with Gasteiger partial charge in [-0.3, -0.25) is 9.59 Å². The van der Waals surface area contributed by atoms with Crippen LogP contribution in [0, 0.1) is 0 Å². The van der Waals surface area contributed by atoms with Crippen molar-refractivity contribution >= 4 is 34.4 Å². The van der Waals surface area contributed by atoms with E-state index in [9.17, 15) is 35.9 Å². The number of nitrogens with two attached hydrogens (primary N) is 2. The zero-order chi connectivity index (χ0) is 32.4. The molecule has 0 unspecified atom stereocenters. The monoisotopic (exact) mass is 616 g/mol. The van der Waals surface area contributed by atoms with E-state index in [2.05, 4.69) is 10.6 Å². The summed E-state index contributed by atoms with van der Waals surface area (Å²) in [5.74, 6) is -0.0310. The van der Waals surface area contributed by atoms with Crippen LogP contribution in [-0.4, -0.2) is 31.1 Å². The summed E-state index contributed by atoms with van der Waals surface area (Å²) in [6.07, 6.45) is -11.7. The van der Waals surface area contributed by atoms with Gasteiger partial charge in [0.25, 0.3) is 5.91 Å². The van der Waals surface area contributed by atoms with Gasteiger partial charge in [-0.05, 0) is 90.8 Å². The molecule has 0 aromatic heterocycles. The van der Waals surface area contributed by atoms with Crippen molar-refractivity contribution in [2.45, 2.75) is 24.7 Å². The Kier molecular flexibility index (Phi) is 8.53. The molecule has 6 N–H and O–H groups in total. The highest BCUT2D eigenvalue weighted by Gasteiger charge is 2.72. The van der Waals surface area contributed by atoms with Crippen LogP contribution >= 0.6 is 0 Å². The maximum absolute atomic E-state index is 14.5. The van der Waals surface area contributed by atoms with Crippen molar-refractivity contribution in [2.75, 3.05) is 29.1 Å². The van der Waals surface area contributed by atoms with E-state index < -0.39 is 40.5 Å². The number of amides is 1. The van der Waals surface area contributed by atoms with E-state index in [0.717, 1.165) is 12.1 Å². The van der Waals surface area contributed by atoms with Crippen molar-refractivity contribution in [3.05, 3.63) is 107 Å². The maximum atomic E-state index is 14.5. The minimum atomic E-state index is -5.85. The lowest BCUT2D eigenvalue weighted by molar-refractivity contribution is -0.288. The molecule has 0 fully saturated rings. The first kappa shape index (κ1) is 31.7. The fourth-order valence-corrected chi connectivity index (χ4v) is 4.68. The molecule has 0 spiro atoms. The Bertz CT molecular complexity index is 1670. The summed E-state index contributed by atoms with van der Waals surface area (Å²) in [4.78, 5) is 24.3. The molecule has 4 rings (SSSR count). The van der Waals surface area contributed by atoms with Crippen LogP contribution in [0.2, 0.25) is 0 Å². The van der Waals surface area contributed by atoms with E-state index in [1.165, 1.54) is 38.2 Å². The van der Waals surface area contributed by atoms with E-state index in [1.807, 2.05) is 0 Å². The highest BCUT2D eigenvalue weighted by atomic mass is 19.4. The molecule has 0 heterocycles. The van der Waals surface area contributed by atoms with E-state index in [-0.39, 0.29) is 28.4 Å². The van der Waals surface area contributed by atoms with Gasteiger partial charge in [-0.15, -0.1) is 0 Å². The Morgan fingerprint density at radius 3 is 1.48 bits per heavy atom. The highest BCUT2D eigenvalue weighted by molar-refractivity contribution is 6.05. The predicted molar refractivity (Wildman–Crippen MR) is 155 cm³/mol. The van der Waals surface area contributed by atoms with Crippen LogP contribution in [-0.2, 0) is 5.41 Å². The lowest BCUT2D eigenvalue weighted by Crippen LogP contribution is -2.54. The third kappa shape index (κ3) is 5.98. The van der Waals surface area contributed by atoms with Gasteiger partial charge < -0.3 is 26.8 Å². The number of nitrogens with one attached hydrogen (secondary N) is 2. The van der Waals surface area contributed by atoms with Gasteiger partial charge in [-0.2, -0.15) is 26.3 Å². The predicted octanol–water partition coefficient (Wildman–Crippen LogP) is 7.55. The summed E-state index contributed by atoms with van der Waals surface area (Å²) >= 11 is 0. The zero-order valence-corrected chi connectivity index (χ0v) is 23.2. The number of alkyl halides is 6. The van der Waals surface area contributed by atoms with Crippen LogP contribution in [0.25, 0.3) is 0 Å². The molecule has 7 nitrogen and oxygen atoms in total. The number of rotatable bonds is 8. The van der Waals surface area contributed by atoms with Crippen molar-refractivity contribution in [3.63, 3.8) is 0 Å². The third-order valence-corrected chi connectivity index (χ3v) is 6.95. The number of ketones is 1. The fourth-order valence-electron chi connectivity index (χ4n) is 4.68. The second kappa shape index (κ2) is 11.8. The minimum Gasteiger partial charge on any atom is -0.457 e. The molecule has 0 radical (unpaired) electrons. The third-order valence-electron chi connectivity index (χ3n) is 6.95. The Hall–Kier alpha value is -5.20. The number of anilines is 4. The number of carbonyl (C=O) groups excluding carboxylic acids is 2. The zero-order valence-electron chi connectivity index (χ0n) is 23.2. The normalized spacial score (nSPS) is 12.0. The molecule has 13 heteroatoms. The van der Waals surface area contributed by atoms with Gasteiger partial charge in [0.15, 0.2) is 5.78 Å². The number of ether oxygens (including phenoxy) is 1. The second-order valence-corrected chi connectivity index (χ2v) is 9.76. The number of benzene rings is 4. The Morgan fingerprint density at radius 2 is 1.09 bits per heavy atom. The average Bonchev–Trinajstić information content (AvgIpc) is 2.94. The quantitative estimate of drug-likeness (QED) is 0.0922. The van der Waals surface area contributed by atoms with E-state index in [0.29, 0.717) is 41.3 Å². The van der Waals surface area contributed by atoms with Gasteiger partial charge in [-0.1, -0.05) is 12.1 Å². The average molecular weight is 617 g/mol. The highest BCUT2D eigenvalue weighted by Crippen LogP contribution is 2.57. The summed E-state index contributed by atoms with van der Waals surface area (Å²) in [6.45, 7) is 1.43. The molecule has 0 saturated carbocycles. The maximum Gasteiger partial charge on any atom is 0.411 e. The summed E-state index contributed by atoms with van der Waals surface area (Å²) in [7, 11) is 1.42. The standard InChI is InChI=1S/C31H26F6N4O3/c1-17(42)18-3-9-22(10-4-18)44-23-11-5-19(6-12-23)28(43)41-27-14-8-21(16-25(27)39)29(30(32,33)34,31(35,36)37)20-7-13-26(40-2)24(38)15-20/h3-16,40H,38-39H2,1-2H3,(H,41,43). The summed E-state index contributed by atoms with van der Waals surface area (Å²) in [5.41, 5.74) is 4.51. The fraction of sp³-hybridized carbons (Fsp3) is 0.161. The topological polar surface area (TPSA) is 119 Å². The van der Waals surface area contributed by atoms with E-state index in [1.54, 1.807) is 24.3 Å². The van der Waals surface area contributed by atoms with Gasteiger partial charge in [0.05, 0.1) is 22.7 Å². The molecule has 0 aliphatic carbocycles. The molecule has 0 bridgehead atoms. The van der Waals surface area contributed by atoms with Crippen LogP contribution in [0.3, 0.4) is 0 Å². The van der Waals surface area contributed by atoms with Crippen LogP contribution in [0.5, 0.6) is 11.5 Å². The molecule has 0 aliphatic rings. The van der Waals surface area contributed by atoms with E-state index >= 15 is 0 Å². The van der Waals surface area contributed by atoms with Crippen molar-refractivity contribution < 1.29 is 40.7 Å². The molecular weight excluding hydrogens is 590 g/mol. The Balaban J connectivity index is 1.61. The number of halogens is 6. The van der Waals surface area contributed by atoms with Gasteiger partial charge in [-0.25, -0.2) is 0 Å². The van der Waals surface area contributed by atoms with Crippen molar-refractivity contribution in [3.8, 4) is 11.5 Å². The number of hydrogen-bond donors (Lipinski definition) is 4. The first-order valence-corrected chi connectivity index (χ1v) is 12.9. The number of nitrogen functional groups attached to an aromatic ring is 2. The second-order valence-electron chi connectivity index (χ2n) is 9.76. The van der Waals surface area contributed by atoms with Crippen LogP contribution in [0.4, 0.5) is 49.1 Å². The molecule has 0 saturated heterocycles. The van der Waals surface area contributed by atoms with Crippen molar-refractivity contribution in [1.29, 1.82) is 0 Å². The summed E-state index contributed by atoms with van der Waals surface area (Å²) in [5, 5.41) is 5.00. The molecule has 0 atom stereocenters. The molecule has 4 aromatic carbocycles. The van der Waals surface area contributed by atoms with Gasteiger partial charge in [0.2, 0.25) is 5.41 Å².